The van der Waals surface area contributed by atoms with Crippen LogP contribution in [0, 0.1) is 17.5 Å². The van der Waals surface area contributed by atoms with E-state index in [4.69, 9.17) is 4.74 Å². The van der Waals surface area contributed by atoms with Crippen molar-refractivity contribution in [3.8, 4) is 0 Å². The highest BCUT2D eigenvalue weighted by Crippen LogP contribution is 2.26. The summed E-state index contributed by atoms with van der Waals surface area (Å²) < 4.78 is 49.9. The van der Waals surface area contributed by atoms with Gasteiger partial charge in [0, 0.05) is 55.3 Å². The van der Waals surface area contributed by atoms with Crippen LogP contribution in [0.3, 0.4) is 0 Å². The summed E-state index contributed by atoms with van der Waals surface area (Å²) in [7, 11) is 1.78. The highest BCUT2D eigenvalue weighted by Gasteiger charge is 2.33. The van der Waals surface area contributed by atoms with E-state index in [0.717, 1.165) is 17.5 Å². The predicted molar refractivity (Wildman–Crippen MR) is 121 cm³/mol. The van der Waals surface area contributed by atoms with E-state index in [1.165, 1.54) is 0 Å². The summed E-state index contributed by atoms with van der Waals surface area (Å²) in [5.41, 5.74) is 0.566. The third-order valence-electron chi connectivity index (χ3n) is 5.30. The second-order valence-electron chi connectivity index (χ2n) is 7.94. The first-order valence-corrected chi connectivity index (χ1v) is 11.9. The smallest absolute Gasteiger partial charge is 0.242 e. The van der Waals surface area contributed by atoms with Crippen LogP contribution in [-0.4, -0.2) is 57.7 Å². The van der Waals surface area contributed by atoms with Crippen molar-refractivity contribution in [2.45, 2.75) is 44.1 Å². The molecule has 2 heterocycles. The zero-order chi connectivity index (χ0) is 24.7. The molecule has 0 radical (unpaired) electrons. The fourth-order valence-electron chi connectivity index (χ4n) is 3.51. The molecule has 2 aromatic rings. The van der Waals surface area contributed by atoms with Gasteiger partial charge in [0.05, 0.1) is 19.4 Å². The average Bonchev–Trinajstić information content (AvgIpc) is 3.21. The highest BCUT2D eigenvalue weighted by molar-refractivity contribution is 7.96. The second-order valence-corrected chi connectivity index (χ2v) is 8.96. The Labute approximate surface area is 200 Å². The molecule has 186 valence electrons. The van der Waals surface area contributed by atoms with E-state index in [1.807, 2.05) is 6.92 Å². The number of carbonyl (C=O) groups excluding carboxylic acids is 2. The van der Waals surface area contributed by atoms with E-state index >= 15 is 0 Å². The Balaban J connectivity index is 1.61. The largest absolute Gasteiger partial charge is 0.378 e. The van der Waals surface area contributed by atoms with Gasteiger partial charge >= 0.3 is 0 Å². The van der Waals surface area contributed by atoms with Gasteiger partial charge in [-0.1, -0.05) is 25.3 Å². The SMILES string of the molecule is CCCC(NC(=O)C1COCCN1SCc1c(F)cc(F)cc1F)C(=O)NCc1cnn(C)c1. The zero-order valence-corrected chi connectivity index (χ0v) is 19.8. The van der Waals surface area contributed by atoms with Crippen molar-refractivity contribution in [1.29, 1.82) is 0 Å². The predicted octanol–water partition coefficient (Wildman–Crippen LogP) is 2.29. The molecule has 0 bridgehead atoms. The molecule has 8 nitrogen and oxygen atoms in total. The average molecular weight is 500 g/mol. The van der Waals surface area contributed by atoms with Crippen LogP contribution in [0.5, 0.6) is 0 Å². The Morgan fingerprint density at radius 1 is 1.29 bits per heavy atom. The van der Waals surface area contributed by atoms with Crippen molar-refractivity contribution in [3.63, 3.8) is 0 Å². The number of rotatable bonds is 10. The molecule has 2 atom stereocenters. The lowest BCUT2D eigenvalue weighted by Crippen LogP contribution is -2.55. The molecule has 1 saturated heterocycles. The monoisotopic (exact) mass is 499 g/mol. The summed E-state index contributed by atoms with van der Waals surface area (Å²) in [6.07, 6.45) is 4.55. The van der Waals surface area contributed by atoms with Crippen LogP contribution < -0.4 is 10.6 Å². The van der Waals surface area contributed by atoms with Gasteiger partial charge in [-0.15, -0.1) is 0 Å². The number of morpholine rings is 1. The van der Waals surface area contributed by atoms with E-state index < -0.39 is 35.4 Å². The van der Waals surface area contributed by atoms with E-state index in [-0.39, 0.29) is 30.4 Å². The van der Waals surface area contributed by atoms with Gasteiger partial charge in [-0.25, -0.2) is 17.5 Å². The standard InChI is InChI=1S/C22H28F3N5O3S/c1-3-4-19(21(31)26-9-14-10-27-29(2)11-14)28-22(32)20-12-33-6-5-30(20)34-13-16-17(24)7-15(23)8-18(16)25/h7-8,10-11,19-20H,3-6,9,12-13H2,1-2H3,(H,26,31)(H,28,32). The van der Waals surface area contributed by atoms with Crippen LogP contribution in [0.4, 0.5) is 13.2 Å². The second kappa shape index (κ2) is 12.2. The first-order valence-electron chi connectivity index (χ1n) is 10.9. The van der Waals surface area contributed by atoms with Gasteiger partial charge < -0.3 is 15.4 Å². The van der Waals surface area contributed by atoms with Crippen molar-refractivity contribution >= 4 is 23.8 Å². The Kier molecular flexibility index (Phi) is 9.36. The number of hydrogen-bond acceptors (Lipinski definition) is 6. The number of aromatic nitrogens is 2. The number of nitrogens with zero attached hydrogens (tertiary/aromatic N) is 3. The van der Waals surface area contributed by atoms with E-state index in [0.29, 0.717) is 38.1 Å². The first-order chi connectivity index (χ1) is 16.3. The van der Waals surface area contributed by atoms with E-state index in [2.05, 4.69) is 15.7 Å². The summed E-state index contributed by atoms with van der Waals surface area (Å²) in [4.78, 5) is 25.7. The van der Waals surface area contributed by atoms with Crippen LogP contribution in [0.25, 0.3) is 0 Å². The van der Waals surface area contributed by atoms with Crippen molar-refractivity contribution < 1.29 is 27.5 Å². The Hall–Kier alpha value is -2.57. The van der Waals surface area contributed by atoms with Crippen molar-refractivity contribution in [1.82, 2.24) is 24.7 Å². The van der Waals surface area contributed by atoms with Gasteiger partial charge in [-0.3, -0.25) is 14.3 Å². The lowest BCUT2D eigenvalue weighted by Gasteiger charge is -2.34. The van der Waals surface area contributed by atoms with Crippen LogP contribution in [0.1, 0.15) is 30.9 Å². The van der Waals surface area contributed by atoms with Gasteiger partial charge in [0.2, 0.25) is 11.8 Å². The lowest BCUT2D eigenvalue weighted by atomic mass is 10.1. The fraction of sp³-hybridized carbons (Fsp3) is 0.500. The van der Waals surface area contributed by atoms with Gasteiger partial charge in [0.1, 0.15) is 29.5 Å². The maximum atomic E-state index is 14.0. The number of ether oxygens (including phenoxy) is 1. The first kappa shape index (κ1) is 26.0. The molecule has 1 aliphatic rings. The third-order valence-corrected chi connectivity index (χ3v) is 6.48. The van der Waals surface area contributed by atoms with Gasteiger partial charge in [0.15, 0.2) is 0 Å². The van der Waals surface area contributed by atoms with Crippen LogP contribution >= 0.6 is 11.9 Å². The minimum atomic E-state index is -0.990. The molecule has 0 aliphatic carbocycles. The lowest BCUT2D eigenvalue weighted by molar-refractivity contribution is -0.133. The van der Waals surface area contributed by atoms with Gasteiger partial charge in [-0.2, -0.15) is 5.10 Å². The molecule has 1 fully saturated rings. The minimum absolute atomic E-state index is 0.0728. The molecule has 0 saturated carbocycles. The third kappa shape index (κ3) is 6.97. The molecule has 1 aromatic heterocycles. The van der Waals surface area contributed by atoms with Crippen LogP contribution in [-0.2, 0) is 33.7 Å². The van der Waals surface area contributed by atoms with Gasteiger partial charge in [0.25, 0.3) is 0 Å². The number of carbonyl (C=O) groups is 2. The number of nitrogens with one attached hydrogen (secondary N) is 2. The summed E-state index contributed by atoms with van der Waals surface area (Å²) in [5, 5.41) is 9.65. The molecule has 2 amide bonds. The molecule has 0 spiro atoms. The summed E-state index contributed by atoms with van der Waals surface area (Å²) >= 11 is 1.06. The van der Waals surface area contributed by atoms with E-state index in [1.54, 1.807) is 28.4 Å². The molecule has 1 aromatic carbocycles. The quantitative estimate of drug-likeness (QED) is 0.488. The van der Waals surface area contributed by atoms with Crippen LogP contribution in [0.15, 0.2) is 24.5 Å². The summed E-state index contributed by atoms with van der Waals surface area (Å²) in [6.45, 7) is 2.95. The molecule has 3 rings (SSSR count). The molecule has 34 heavy (non-hydrogen) atoms. The normalized spacial score (nSPS) is 17.4. The maximum absolute atomic E-state index is 14.0. The molecule has 2 unspecified atom stereocenters. The fourth-order valence-corrected chi connectivity index (χ4v) is 4.62. The van der Waals surface area contributed by atoms with Crippen molar-refractivity contribution in [3.05, 3.63) is 53.1 Å². The number of aryl methyl sites for hydroxylation is 1. The number of benzene rings is 1. The maximum Gasteiger partial charge on any atom is 0.242 e. The van der Waals surface area contributed by atoms with Crippen molar-refractivity contribution in [2.24, 2.45) is 7.05 Å². The number of hydrogen-bond donors (Lipinski definition) is 2. The number of amides is 2. The highest BCUT2D eigenvalue weighted by atomic mass is 32.2. The molecule has 1 aliphatic heterocycles. The summed E-state index contributed by atoms with van der Waals surface area (Å²) in [6, 6.07) is -0.241. The van der Waals surface area contributed by atoms with Gasteiger partial charge in [-0.05, 0) is 6.42 Å². The van der Waals surface area contributed by atoms with Crippen molar-refractivity contribution in [2.75, 3.05) is 19.8 Å². The topological polar surface area (TPSA) is 88.5 Å². The minimum Gasteiger partial charge on any atom is -0.378 e. The molecular weight excluding hydrogens is 471 g/mol. The Morgan fingerprint density at radius 2 is 2.03 bits per heavy atom. The zero-order valence-electron chi connectivity index (χ0n) is 19.0. The molecule has 2 N–H and O–H groups in total. The Morgan fingerprint density at radius 3 is 2.68 bits per heavy atom. The molecular formula is C22H28F3N5O3S. The van der Waals surface area contributed by atoms with E-state index in [9.17, 15) is 22.8 Å². The molecule has 12 heteroatoms. The van der Waals surface area contributed by atoms with Crippen LogP contribution in [0.2, 0.25) is 0 Å². The summed E-state index contributed by atoms with van der Waals surface area (Å²) in [5.74, 6) is -3.80. The Bertz CT molecular complexity index is 983. The number of halogens is 3.